The molecule has 5 N–H and O–H groups in total. The van der Waals surface area contributed by atoms with Crippen LogP contribution in [0.25, 0.3) is 0 Å². The number of nitrogens with one attached hydrogen (secondary N) is 2. The first-order valence-corrected chi connectivity index (χ1v) is 8.35. The van der Waals surface area contributed by atoms with Crippen molar-refractivity contribution in [2.24, 2.45) is 5.73 Å². The van der Waals surface area contributed by atoms with Gasteiger partial charge in [0.1, 0.15) is 11.2 Å². The molecule has 0 aliphatic carbocycles. The van der Waals surface area contributed by atoms with Crippen molar-refractivity contribution < 1.29 is 14.7 Å². The van der Waals surface area contributed by atoms with Crippen LogP contribution in [0.4, 0.5) is 0 Å². The van der Waals surface area contributed by atoms with E-state index in [9.17, 15) is 14.7 Å². The van der Waals surface area contributed by atoms with Gasteiger partial charge in [-0.1, -0.05) is 30.3 Å². The Labute approximate surface area is 147 Å². The van der Waals surface area contributed by atoms with Gasteiger partial charge >= 0.3 is 0 Å². The van der Waals surface area contributed by atoms with Crippen LogP contribution in [0, 0.1) is 0 Å². The van der Waals surface area contributed by atoms with Gasteiger partial charge in [-0.2, -0.15) is 5.01 Å². The number of aliphatic hydroxyl groups excluding tert-OH is 1. The number of aliphatic hydroxyl groups is 1. The number of carbonyl (C=O) groups is 2. The van der Waals surface area contributed by atoms with E-state index in [1.165, 1.54) is 7.05 Å². The maximum Gasteiger partial charge on any atom is 0.268 e. The summed E-state index contributed by atoms with van der Waals surface area (Å²) in [7, 11) is 1.52. The van der Waals surface area contributed by atoms with Crippen LogP contribution in [-0.4, -0.2) is 40.6 Å². The lowest BCUT2D eigenvalue weighted by Crippen LogP contribution is -2.58. The van der Waals surface area contributed by atoms with E-state index in [1.807, 2.05) is 37.3 Å². The molecule has 0 bridgehead atoms. The monoisotopic (exact) mass is 346 g/mol. The average molecular weight is 346 g/mol. The minimum absolute atomic E-state index is 0.221. The first-order chi connectivity index (χ1) is 11.8. The lowest BCUT2D eigenvalue weighted by Gasteiger charge is -2.39. The number of amides is 2. The first-order valence-electron chi connectivity index (χ1n) is 8.35. The smallest absolute Gasteiger partial charge is 0.268 e. The fourth-order valence-corrected chi connectivity index (χ4v) is 3.08. The Hall–Kier alpha value is -2.38. The van der Waals surface area contributed by atoms with Crippen LogP contribution >= 0.6 is 0 Å². The predicted octanol–water partition coefficient (Wildman–Crippen LogP) is 0.583. The zero-order valence-corrected chi connectivity index (χ0v) is 14.8. The van der Waals surface area contributed by atoms with Crippen molar-refractivity contribution >= 4 is 11.8 Å². The summed E-state index contributed by atoms with van der Waals surface area (Å²) in [6.45, 7) is 3.59. The second kappa shape index (κ2) is 7.67. The third kappa shape index (κ3) is 3.83. The Kier molecular flexibility index (Phi) is 5.81. The molecule has 2 unspecified atom stereocenters. The molecule has 25 heavy (non-hydrogen) atoms. The SMILES string of the molecule is CNC(=O)C1=CC(CCC(C)O)(C(N)=O)N([C@@H](C)c2ccccc2)N1. The van der Waals surface area contributed by atoms with Crippen LogP contribution in [0.15, 0.2) is 42.1 Å². The number of primary amides is 1. The fraction of sp³-hybridized carbons (Fsp3) is 0.444. The highest BCUT2D eigenvalue weighted by atomic mass is 16.3. The summed E-state index contributed by atoms with van der Waals surface area (Å²) in [5.74, 6) is -0.896. The quantitative estimate of drug-likeness (QED) is 0.578. The zero-order chi connectivity index (χ0) is 18.6. The molecule has 7 nitrogen and oxygen atoms in total. The van der Waals surface area contributed by atoms with Gasteiger partial charge in [0, 0.05) is 7.05 Å². The van der Waals surface area contributed by atoms with Crippen molar-refractivity contribution in [2.75, 3.05) is 7.05 Å². The number of rotatable bonds is 7. The summed E-state index contributed by atoms with van der Waals surface area (Å²) in [6, 6.07) is 9.42. The minimum Gasteiger partial charge on any atom is -0.393 e. The second-order valence-electron chi connectivity index (χ2n) is 6.38. The Bertz CT molecular complexity index is 660. The lowest BCUT2D eigenvalue weighted by molar-refractivity contribution is -0.130. The standard InChI is InChI=1S/C18H26N4O3/c1-12(23)9-10-18(17(19)25)11-15(16(24)20-3)21-22(18)13(2)14-7-5-4-6-8-14/h4-8,11-13,21,23H,9-10H2,1-3H3,(H2,19,25)(H,20,24)/t12?,13-,18?/m0/s1. The van der Waals surface area contributed by atoms with Crippen molar-refractivity contribution in [2.45, 2.75) is 44.4 Å². The molecule has 0 saturated carbocycles. The summed E-state index contributed by atoms with van der Waals surface area (Å²) in [4.78, 5) is 24.5. The lowest BCUT2D eigenvalue weighted by atomic mass is 9.88. The minimum atomic E-state index is -1.20. The molecular weight excluding hydrogens is 320 g/mol. The van der Waals surface area contributed by atoms with Gasteiger partial charge in [0.05, 0.1) is 12.1 Å². The van der Waals surface area contributed by atoms with E-state index in [2.05, 4.69) is 10.7 Å². The Morgan fingerprint density at radius 3 is 2.48 bits per heavy atom. The first kappa shape index (κ1) is 19.0. The Morgan fingerprint density at radius 1 is 1.32 bits per heavy atom. The van der Waals surface area contributed by atoms with Crippen LogP contribution in [0.1, 0.15) is 38.3 Å². The number of nitrogens with zero attached hydrogens (tertiary/aromatic N) is 1. The zero-order valence-electron chi connectivity index (χ0n) is 14.8. The largest absolute Gasteiger partial charge is 0.393 e. The van der Waals surface area contributed by atoms with Crippen molar-refractivity contribution in [3.63, 3.8) is 0 Å². The number of benzene rings is 1. The summed E-state index contributed by atoms with van der Waals surface area (Å²) >= 11 is 0. The molecule has 1 aliphatic heterocycles. The van der Waals surface area contributed by atoms with Gasteiger partial charge in [-0.3, -0.25) is 9.59 Å². The van der Waals surface area contributed by atoms with Gasteiger partial charge in [-0.05, 0) is 38.3 Å². The van der Waals surface area contributed by atoms with Crippen molar-refractivity contribution in [3.8, 4) is 0 Å². The third-order valence-corrected chi connectivity index (χ3v) is 4.56. The van der Waals surface area contributed by atoms with E-state index in [0.29, 0.717) is 12.8 Å². The number of hydrazine groups is 1. The van der Waals surface area contributed by atoms with E-state index in [-0.39, 0.29) is 17.6 Å². The molecule has 0 aromatic heterocycles. The van der Waals surface area contributed by atoms with E-state index in [1.54, 1.807) is 18.0 Å². The van der Waals surface area contributed by atoms with Crippen LogP contribution in [-0.2, 0) is 9.59 Å². The normalized spacial score (nSPS) is 22.6. The molecule has 136 valence electrons. The number of carbonyl (C=O) groups excluding carboxylic acids is 2. The van der Waals surface area contributed by atoms with Crippen molar-refractivity contribution in [1.29, 1.82) is 0 Å². The molecule has 0 spiro atoms. The summed E-state index contributed by atoms with van der Waals surface area (Å²) < 4.78 is 0. The third-order valence-electron chi connectivity index (χ3n) is 4.56. The second-order valence-corrected chi connectivity index (χ2v) is 6.38. The maximum atomic E-state index is 12.4. The summed E-state index contributed by atoms with van der Waals surface area (Å²) in [6.07, 6.45) is 1.66. The molecule has 1 aliphatic rings. The Morgan fingerprint density at radius 2 is 1.96 bits per heavy atom. The number of hydrogen-bond acceptors (Lipinski definition) is 5. The Balaban J connectivity index is 2.44. The molecule has 3 atom stereocenters. The molecule has 2 rings (SSSR count). The molecule has 1 heterocycles. The van der Waals surface area contributed by atoms with Gasteiger partial charge in [0.25, 0.3) is 5.91 Å². The van der Waals surface area contributed by atoms with Gasteiger partial charge in [0.15, 0.2) is 0 Å². The van der Waals surface area contributed by atoms with Gasteiger partial charge in [-0.25, -0.2) is 0 Å². The van der Waals surface area contributed by atoms with E-state index in [0.717, 1.165) is 5.56 Å². The van der Waals surface area contributed by atoms with Gasteiger partial charge in [0.2, 0.25) is 5.91 Å². The molecule has 2 amide bonds. The fourth-order valence-electron chi connectivity index (χ4n) is 3.08. The molecule has 1 aromatic carbocycles. The molecule has 0 fully saturated rings. The molecule has 0 radical (unpaired) electrons. The summed E-state index contributed by atoms with van der Waals surface area (Å²) in [5.41, 5.74) is 8.84. The average Bonchev–Trinajstić information content (AvgIpc) is 3.00. The van der Waals surface area contributed by atoms with Crippen molar-refractivity contribution in [3.05, 3.63) is 47.7 Å². The number of nitrogens with two attached hydrogens (primary N) is 1. The number of likely N-dealkylation sites (N-methyl/N-ethyl adjacent to an activating group) is 1. The van der Waals surface area contributed by atoms with Crippen LogP contribution in [0.3, 0.4) is 0 Å². The maximum absolute atomic E-state index is 12.4. The van der Waals surface area contributed by atoms with Gasteiger partial charge in [-0.15, -0.1) is 0 Å². The molecular formula is C18H26N4O3. The van der Waals surface area contributed by atoms with E-state index in [4.69, 9.17) is 5.73 Å². The summed E-state index contributed by atoms with van der Waals surface area (Å²) in [5, 5.41) is 13.9. The molecule has 7 heteroatoms. The topological polar surface area (TPSA) is 108 Å². The van der Waals surface area contributed by atoms with Crippen LogP contribution < -0.4 is 16.5 Å². The van der Waals surface area contributed by atoms with Crippen LogP contribution in [0.5, 0.6) is 0 Å². The molecule has 1 aromatic rings. The molecule has 0 saturated heterocycles. The van der Waals surface area contributed by atoms with Crippen LogP contribution in [0.2, 0.25) is 0 Å². The van der Waals surface area contributed by atoms with E-state index >= 15 is 0 Å². The van der Waals surface area contributed by atoms with Crippen molar-refractivity contribution in [1.82, 2.24) is 15.8 Å². The highest BCUT2D eigenvalue weighted by Gasteiger charge is 2.48. The van der Waals surface area contributed by atoms with E-state index < -0.39 is 17.6 Å². The highest BCUT2D eigenvalue weighted by Crippen LogP contribution is 2.36. The number of hydrogen-bond donors (Lipinski definition) is 4. The predicted molar refractivity (Wildman–Crippen MR) is 94.8 cm³/mol. The highest BCUT2D eigenvalue weighted by molar-refractivity contribution is 5.97. The van der Waals surface area contributed by atoms with Gasteiger partial charge < -0.3 is 21.6 Å².